The van der Waals surface area contributed by atoms with E-state index in [0.29, 0.717) is 6.54 Å². The van der Waals surface area contributed by atoms with E-state index in [9.17, 15) is 8.42 Å². The molecule has 0 aliphatic rings. The molecule has 1 heterocycles. The highest BCUT2D eigenvalue weighted by Gasteiger charge is 2.20. The second-order valence-corrected chi connectivity index (χ2v) is 6.26. The zero-order valence-electron chi connectivity index (χ0n) is 9.10. The molecule has 0 radical (unpaired) electrons. The lowest BCUT2D eigenvalue weighted by Gasteiger charge is -2.10. The van der Waals surface area contributed by atoms with E-state index in [1.165, 1.54) is 6.20 Å². The van der Waals surface area contributed by atoms with Crippen molar-refractivity contribution in [1.82, 2.24) is 14.9 Å². The summed E-state index contributed by atoms with van der Waals surface area (Å²) in [6.07, 6.45) is 3.21. The van der Waals surface area contributed by atoms with Crippen molar-refractivity contribution in [2.24, 2.45) is 0 Å². The topological polar surface area (TPSA) is 95.1 Å². The first-order valence-corrected chi connectivity index (χ1v) is 7.44. The minimum absolute atomic E-state index is 0.0664. The SMILES string of the molecule is CSC(C)CNS(=O)(=O)c1[nH]ncc1CO. The van der Waals surface area contributed by atoms with Gasteiger partial charge in [-0.05, 0) is 6.26 Å². The van der Waals surface area contributed by atoms with Crippen molar-refractivity contribution in [2.75, 3.05) is 12.8 Å². The monoisotopic (exact) mass is 265 g/mol. The second kappa shape index (κ2) is 5.67. The molecule has 92 valence electrons. The Morgan fingerprint density at radius 3 is 2.94 bits per heavy atom. The predicted molar refractivity (Wildman–Crippen MR) is 62.7 cm³/mol. The van der Waals surface area contributed by atoms with E-state index in [1.807, 2.05) is 13.2 Å². The van der Waals surface area contributed by atoms with Gasteiger partial charge in [-0.15, -0.1) is 0 Å². The first-order valence-electron chi connectivity index (χ1n) is 4.66. The third-order valence-corrected chi connectivity index (χ3v) is 4.49. The Bertz CT molecular complexity index is 429. The number of hydrogen-bond donors (Lipinski definition) is 3. The smallest absolute Gasteiger partial charge is 0.257 e. The summed E-state index contributed by atoms with van der Waals surface area (Å²) in [4.78, 5) is 0. The molecule has 1 unspecified atom stereocenters. The number of rotatable bonds is 6. The summed E-state index contributed by atoms with van der Waals surface area (Å²) in [6.45, 7) is 1.91. The van der Waals surface area contributed by atoms with Crippen LogP contribution in [-0.2, 0) is 16.6 Å². The Morgan fingerprint density at radius 1 is 1.69 bits per heavy atom. The van der Waals surface area contributed by atoms with Gasteiger partial charge in [0.25, 0.3) is 10.0 Å². The van der Waals surface area contributed by atoms with Crippen LogP contribution < -0.4 is 4.72 Å². The quantitative estimate of drug-likeness (QED) is 0.669. The molecule has 0 amide bonds. The van der Waals surface area contributed by atoms with E-state index in [0.717, 1.165) is 0 Å². The number of aromatic nitrogens is 2. The number of aliphatic hydroxyl groups excluding tert-OH is 1. The molecule has 1 rings (SSSR count). The van der Waals surface area contributed by atoms with Crippen LogP contribution in [0.5, 0.6) is 0 Å². The number of nitrogens with zero attached hydrogens (tertiary/aromatic N) is 1. The van der Waals surface area contributed by atoms with Crippen molar-refractivity contribution < 1.29 is 13.5 Å². The molecule has 16 heavy (non-hydrogen) atoms. The molecule has 0 bridgehead atoms. The van der Waals surface area contributed by atoms with Gasteiger partial charge in [0.1, 0.15) is 0 Å². The second-order valence-electron chi connectivity index (χ2n) is 3.28. The summed E-state index contributed by atoms with van der Waals surface area (Å²) in [6, 6.07) is 0. The Morgan fingerprint density at radius 2 is 2.38 bits per heavy atom. The fourth-order valence-corrected chi connectivity index (χ4v) is 2.63. The van der Waals surface area contributed by atoms with Gasteiger partial charge in [-0.3, -0.25) is 5.10 Å². The molecule has 1 aromatic heterocycles. The molecule has 0 fully saturated rings. The third-order valence-electron chi connectivity index (χ3n) is 2.08. The van der Waals surface area contributed by atoms with Gasteiger partial charge in [0.05, 0.1) is 12.8 Å². The summed E-state index contributed by atoms with van der Waals surface area (Å²) < 4.78 is 26.0. The van der Waals surface area contributed by atoms with Crippen LogP contribution in [0.15, 0.2) is 11.2 Å². The number of aromatic amines is 1. The van der Waals surface area contributed by atoms with Crippen LogP contribution in [0.3, 0.4) is 0 Å². The fourth-order valence-electron chi connectivity index (χ4n) is 1.03. The van der Waals surface area contributed by atoms with Crippen LogP contribution in [0.2, 0.25) is 0 Å². The first kappa shape index (κ1) is 13.5. The minimum Gasteiger partial charge on any atom is -0.392 e. The first-order chi connectivity index (χ1) is 7.51. The number of aliphatic hydroxyl groups is 1. The molecule has 0 aliphatic carbocycles. The van der Waals surface area contributed by atoms with Crippen LogP contribution in [-0.4, -0.2) is 41.8 Å². The lowest BCUT2D eigenvalue weighted by Crippen LogP contribution is -2.30. The maximum atomic E-state index is 11.8. The van der Waals surface area contributed by atoms with Gasteiger partial charge in [0, 0.05) is 17.4 Å². The maximum Gasteiger partial charge on any atom is 0.257 e. The number of thioether (sulfide) groups is 1. The summed E-state index contributed by atoms with van der Waals surface area (Å²) in [7, 11) is -3.61. The molecular formula is C8H15N3O3S2. The number of hydrogen-bond acceptors (Lipinski definition) is 5. The van der Waals surface area contributed by atoms with Crippen molar-refractivity contribution in [3.8, 4) is 0 Å². The standard InChI is InChI=1S/C8H15N3O3S2/c1-6(15-2)3-10-16(13,14)8-7(5-12)4-9-11-8/h4,6,10,12H,3,5H2,1-2H3,(H,9,11). The van der Waals surface area contributed by atoms with E-state index in [1.54, 1.807) is 11.8 Å². The predicted octanol–water partition coefficient (Wildman–Crippen LogP) is -0.0682. The summed E-state index contributed by atoms with van der Waals surface area (Å²) in [5.74, 6) is 0. The average Bonchev–Trinajstić information content (AvgIpc) is 2.74. The molecule has 3 N–H and O–H groups in total. The van der Waals surface area contributed by atoms with Gasteiger partial charge in [0.2, 0.25) is 0 Å². The number of nitrogens with one attached hydrogen (secondary N) is 2. The highest BCUT2D eigenvalue weighted by molar-refractivity contribution is 7.99. The molecule has 0 saturated heterocycles. The van der Waals surface area contributed by atoms with Gasteiger partial charge >= 0.3 is 0 Å². The Labute approximate surface area is 98.9 Å². The van der Waals surface area contributed by atoms with Gasteiger partial charge in [0.15, 0.2) is 5.03 Å². The van der Waals surface area contributed by atoms with Crippen LogP contribution in [0.1, 0.15) is 12.5 Å². The van der Waals surface area contributed by atoms with Crippen LogP contribution in [0.4, 0.5) is 0 Å². The molecule has 0 spiro atoms. The van der Waals surface area contributed by atoms with Crippen molar-refractivity contribution in [3.05, 3.63) is 11.8 Å². The van der Waals surface area contributed by atoms with Gasteiger partial charge in [-0.25, -0.2) is 13.1 Å². The number of H-pyrrole nitrogens is 1. The Balaban J connectivity index is 2.78. The average molecular weight is 265 g/mol. The molecule has 0 saturated carbocycles. The normalized spacial score (nSPS) is 13.9. The highest BCUT2D eigenvalue weighted by Crippen LogP contribution is 2.12. The van der Waals surface area contributed by atoms with Crippen molar-refractivity contribution in [1.29, 1.82) is 0 Å². The van der Waals surface area contributed by atoms with E-state index >= 15 is 0 Å². The summed E-state index contributed by atoms with van der Waals surface area (Å²) >= 11 is 1.57. The number of sulfonamides is 1. The molecule has 0 aromatic carbocycles. The zero-order valence-corrected chi connectivity index (χ0v) is 10.7. The molecule has 6 nitrogen and oxygen atoms in total. The third kappa shape index (κ3) is 3.21. The largest absolute Gasteiger partial charge is 0.392 e. The molecular weight excluding hydrogens is 250 g/mol. The van der Waals surface area contributed by atoms with Gasteiger partial charge in [-0.2, -0.15) is 16.9 Å². The Hall–Kier alpha value is -0.570. The van der Waals surface area contributed by atoms with Crippen molar-refractivity contribution in [3.63, 3.8) is 0 Å². The molecule has 0 aliphatic heterocycles. The van der Waals surface area contributed by atoms with Gasteiger partial charge in [-0.1, -0.05) is 6.92 Å². The van der Waals surface area contributed by atoms with Crippen molar-refractivity contribution in [2.45, 2.75) is 23.8 Å². The van der Waals surface area contributed by atoms with Crippen molar-refractivity contribution >= 4 is 21.8 Å². The van der Waals surface area contributed by atoms with Crippen LogP contribution in [0, 0.1) is 0 Å². The zero-order chi connectivity index (χ0) is 12.2. The fraction of sp³-hybridized carbons (Fsp3) is 0.625. The Kier molecular flexibility index (Phi) is 4.78. The highest BCUT2D eigenvalue weighted by atomic mass is 32.2. The molecule has 8 heteroatoms. The van der Waals surface area contributed by atoms with E-state index in [-0.39, 0.29) is 22.4 Å². The van der Waals surface area contributed by atoms with E-state index < -0.39 is 10.0 Å². The summed E-state index contributed by atoms with van der Waals surface area (Å²) in [5.41, 5.74) is 0.268. The summed E-state index contributed by atoms with van der Waals surface area (Å²) in [5, 5.41) is 15.0. The van der Waals surface area contributed by atoms with E-state index in [4.69, 9.17) is 5.11 Å². The van der Waals surface area contributed by atoms with Crippen LogP contribution in [0.25, 0.3) is 0 Å². The van der Waals surface area contributed by atoms with Gasteiger partial charge < -0.3 is 5.11 Å². The van der Waals surface area contributed by atoms with Crippen LogP contribution >= 0.6 is 11.8 Å². The molecule has 1 atom stereocenters. The van der Waals surface area contributed by atoms with E-state index in [2.05, 4.69) is 14.9 Å². The lowest BCUT2D eigenvalue weighted by atomic mass is 10.4. The lowest BCUT2D eigenvalue weighted by molar-refractivity contribution is 0.278. The molecule has 1 aromatic rings. The minimum atomic E-state index is -3.61. The maximum absolute atomic E-state index is 11.8.